The molecule has 1 atom stereocenters. The normalized spacial score (nSPS) is 17.8. The molecule has 1 fully saturated rings. The Balaban J connectivity index is 1.73. The van der Waals surface area contributed by atoms with Crippen LogP contribution in [0.25, 0.3) is 16.0 Å². The maximum absolute atomic E-state index is 13.3. The molecule has 2 aromatic carbocycles. The molecule has 0 spiro atoms. The number of carbonyl (C=O) groups is 2. The van der Waals surface area contributed by atoms with Crippen LogP contribution in [-0.2, 0) is 9.59 Å². The number of carbonyl (C=O) groups excluding carboxylic acids is 2. The van der Waals surface area contributed by atoms with Crippen LogP contribution in [0.1, 0.15) is 28.3 Å². The second-order valence-electron chi connectivity index (χ2n) is 7.89. The van der Waals surface area contributed by atoms with Crippen LogP contribution in [0.5, 0.6) is 0 Å². The summed E-state index contributed by atoms with van der Waals surface area (Å²) in [5.41, 5.74) is 3.83. The van der Waals surface area contributed by atoms with Crippen molar-refractivity contribution < 1.29 is 14.7 Å². The van der Waals surface area contributed by atoms with Crippen molar-refractivity contribution >= 4 is 55.7 Å². The van der Waals surface area contributed by atoms with E-state index in [0.29, 0.717) is 21.3 Å². The van der Waals surface area contributed by atoms with Crippen molar-refractivity contribution in [2.24, 2.45) is 0 Å². The van der Waals surface area contributed by atoms with Crippen molar-refractivity contribution in [3.05, 3.63) is 93.8 Å². The number of thiazole rings is 1. The highest BCUT2D eigenvalue weighted by Crippen LogP contribution is 2.44. The lowest BCUT2D eigenvalue weighted by Crippen LogP contribution is -2.29. The number of hydrogen-bond acceptors (Lipinski definition) is 6. The minimum absolute atomic E-state index is 0.0116. The summed E-state index contributed by atoms with van der Waals surface area (Å²) in [7, 11) is 0. The Kier molecular flexibility index (Phi) is 5.23. The largest absolute Gasteiger partial charge is 0.507 e. The number of aliphatic hydroxyl groups is 1. The topological polar surface area (TPSA) is 83.4 Å². The quantitative estimate of drug-likeness (QED) is 0.237. The Morgan fingerprint density at radius 1 is 1.12 bits per heavy atom. The van der Waals surface area contributed by atoms with Gasteiger partial charge < -0.3 is 5.11 Å². The molecule has 1 unspecified atom stereocenters. The monoisotopic (exact) mass is 475 g/mol. The van der Waals surface area contributed by atoms with Gasteiger partial charge in [-0.05, 0) is 66.9 Å². The van der Waals surface area contributed by atoms with Gasteiger partial charge in [0.05, 0.1) is 21.8 Å². The van der Waals surface area contributed by atoms with Gasteiger partial charge in [-0.3, -0.25) is 19.5 Å². The summed E-state index contributed by atoms with van der Waals surface area (Å²) >= 11 is 7.31. The molecule has 33 heavy (non-hydrogen) atoms. The van der Waals surface area contributed by atoms with Gasteiger partial charge in [0, 0.05) is 23.0 Å². The molecule has 1 amide bonds. The number of aryl methyl sites for hydroxylation is 2. The first kappa shape index (κ1) is 21.3. The van der Waals surface area contributed by atoms with Crippen LogP contribution >= 0.6 is 22.9 Å². The van der Waals surface area contributed by atoms with E-state index in [9.17, 15) is 14.7 Å². The van der Waals surface area contributed by atoms with Gasteiger partial charge in [0.15, 0.2) is 5.13 Å². The van der Waals surface area contributed by atoms with Crippen LogP contribution in [-0.4, -0.2) is 26.8 Å². The number of benzene rings is 2. The first-order valence-electron chi connectivity index (χ1n) is 10.2. The summed E-state index contributed by atoms with van der Waals surface area (Å²) in [5, 5.41) is 12.0. The number of pyridine rings is 1. The van der Waals surface area contributed by atoms with E-state index in [1.807, 2.05) is 26.0 Å². The summed E-state index contributed by atoms with van der Waals surface area (Å²) < 4.78 is 0.923. The van der Waals surface area contributed by atoms with Gasteiger partial charge in [0.2, 0.25) is 0 Å². The first-order valence-corrected chi connectivity index (χ1v) is 11.4. The van der Waals surface area contributed by atoms with Gasteiger partial charge in [-0.15, -0.1) is 0 Å². The number of anilines is 1. The number of aliphatic hydroxyl groups excluding tert-OH is 1. The highest BCUT2D eigenvalue weighted by molar-refractivity contribution is 7.22. The lowest BCUT2D eigenvalue weighted by Gasteiger charge is -2.22. The molecule has 1 aliphatic heterocycles. The Hall–Kier alpha value is -3.55. The molecule has 6 nitrogen and oxygen atoms in total. The molecule has 0 aliphatic carbocycles. The molecular weight excluding hydrogens is 458 g/mol. The Bertz CT molecular complexity index is 1450. The predicted octanol–water partition coefficient (Wildman–Crippen LogP) is 5.59. The number of amides is 1. The Morgan fingerprint density at radius 3 is 2.58 bits per heavy atom. The number of nitrogens with zero attached hydrogens (tertiary/aromatic N) is 3. The summed E-state index contributed by atoms with van der Waals surface area (Å²) in [6, 6.07) is 13.1. The van der Waals surface area contributed by atoms with Crippen molar-refractivity contribution in [2.45, 2.75) is 19.9 Å². The fraction of sp³-hybridized carbons (Fsp3) is 0.120. The van der Waals surface area contributed by atoms with Gasteiger partial charge >= 0.3 is 5.91 Å². The van der Waals surface area contributed by atoms with Crippen LogP contribution in [0, 0.1) is 13.8 Å². The fourth-order valence-corrected chi connectivity index (χ4v) is 5.40. The molecular formula is C25H18ClN3O3S. The molecule has 3 heterocycles. The standard InChI is InChI=1S/C25H18ClN3O3S/c1-13-10-14(2)20-18(11-13)33-25(28-20)29-21(16-4-3-9-27-12-16)19(23(31)24(29)32)22(30)15-5-7-17(26)8-6-15/h3-12,21,30H,1-2H3. The number of fused-ring (bicyclic) bond motifs is 1. The minimum atomic E-state index is -0.864. The average Bonchev–Trinajstić information content (AvgIpc) is 3.33. The zero-order valence-electron chi connectivity index (χ0n) is 17.7. The van der Waals surface area contributed by atoms with E-state index in [-0.39, 0.29) is 11.3 Å². The van der Waals surface area contributed by atoms with Crippen LogP contribution in [0.2, 0.25) is 5.02 Å². The maximum atomic E-state index is 13.3. The van der Waals surface area contributed by atoms with Gasteiger partial charge in [-0.1, -0.05) is 35.1 Å². The van der Waals surface area contributed by atoms with E-state index >= 15 is 0 Å². The van der Waals surface area contributed by atoms with Crippen molar-refractivity contribution in [2.75, 3.05) is 4.90 Å². The molecule has 8 heteroatoms. The first-order chi connectivity index (χ1) is 15.8. The summed E-state index contributed by atoms with van der Waals surface area (Å²) in [6.45, 7) is 3.96. The second-order valence-corrected chi connectivity index (χ2v) is 9.33. The molecule has 0 bridgehead atoms. The van der Waals surface area contributed by atoms with Crippen molar-refractivity contribution in [1.29, 1.82) is 0 Å². The number of hydrogen-bond donors (Lipinski definition) is 1. The minimum Gasteiger partial charge on any atom is -0.507 e. The summed E-state index contributed by atoms with van der Waals surface area (Å²) in [4.78, 5) is 36.7. The number of ketones is 1. The Labute approximate surface area is 198 Å². The second kappa shape index (κ2) is 8.10. The van der Waals surface area contributed by atoms with Gasteiger partial charge in [0.25, 0.3) is 5.78 Å². The van der Waals surface area contributed by atoms with Crippen molar-refractivity contribution in [3.63, 3.8) is 0 Å². The van der Waals surface area contributed by atoms with Crippen molar-refractivity contribution in [3.8, 4) is 0 Å². The van der Waals surface area contributed by atoms with Gasteiger partial charge in [0.1, 0.15) is 5.76 Å². The smallest absolute Gasteiger partial charge is 0.301 e. The molecule has 2 aromatic heterocycles. The predicted molar refractivity (Wildman–Crippen MR) is 130 cm³/mol. The van der Waals surface area contributed by atoms with Crippen LogP contribution in [0.15, 0.2) is 66.5 Å². The number of halogens is 1. The molecule has 0 saturated carbocycles. The fourth-order valence-electron chi connectivity index (χ4n) is 4.11. The third kappa shape index (κ3) is 3.59. The van der Waals surface area contributed by atoms with Gasteiger partial charge in [-0.25, -0.2) is 4.98 Å². The van der Waals surface area contributed by atoms with E-state index in [4.69, 9.17) is 16.6 Å². The van der Waals surface area contributed by atoms with E-state index < -0.39 is 17.7 Å². The molecule has 164 valence electrons. The lowest BCUT2D eigenvalue weighted by atomic mass is 9.96. The van der Waals surface area contributed by atoms with E-state index in [1.165, 1.54) is 16.2 Å². The Morgan fingerprint density at radius 2 is 1.88 bits per heavy atom. The lowest BCUT2D eigenvalue weighted by molar-refractivity contribution is -0.132. The van der Waals surface area contributed by atoms with Crippen LogP contribution in [0.4, 0.5) is 5.13 Å². The molecule has 0 radical (unpaired) electrons. The van der Waals surface area contributed by atoms with Crippen LogP contribution in [0.3, 0.4) is 0 Å². The zero-order chi connectivity index (χ0) is 23.3. The van der Waals surface area contributed by atoms with E-state index in [0.717, 1.165) is 21.3 Å². The van der Waals surface area contributed by atoms with E-state index in [2.05, 4.69) is 4.98 Å². The highest BCUT2D eigenvalue weighted by atomic mass is 35.5. The third-order valence-corrected chi connectivity index (χ3v) is 6.84. The summed E-state index contributed by atoms with van der Waals surface area (Å²) in [5.74, 6) is -1.79. The summed E-state index contributed by atoms with van der Waals surface area (Å²) in [6.07, 6.45) is 3.19. The van der Waals surface area contributed by atoms with Crippen LogP contribution < -0.4 is 4.90 Å². The number of aromatic nitrogens is 2. The molecule has 1 N–H and O–H groups in total. The maximum Gasteiger partial charge on any atom is 0.301 e. The third-order valence-electron chi connectivity index (χ3n) is 5.59. The number of Topliss-reactive ketones (excluding diaryl/α,β-unsaturated/α-hetero) is 1. The molecule has 4 aromatic rings. The molecule has 1 saturated heterocycles. The molecule has 1 aliphatic rings. The highest BCUT2D eigenvalue weighted by Gasteiger charge is 2.48. The number of rotatable bonds is 3. The molecule has 5 rings (SSSR count). The van der Waals surface area contributed by atoms with Crippen molar-refractivity contribution in [1.82, 2.24) is 9.97 Å². The van der Waals surface area contributed by atoms with Gasteiger partial charge in [-0.2, -0.15) is 0 Å². The SMILES string of the molecule is Cc1cc(C)c2nc(N3C(=O)C(=O)C(=C(O)c4ccc(Cl)cc4)C3c3cccnc3)sc2c1. The average molecular weight is 476 g/mol. The zero-order valence-corrected chi connectivity index (χ0v) is 19.3. The van der Waals surface area contributed by atoms with E-state index in [1.54, 1.807) is 48.8 Å².